The van der Waals surface area contributed by atoms with Crippen LogP contribution in [0.3, 0.4) is 0 Å². The first-order valence-electron chi connectivity index (χ1n) is 6.85. The third kappa shape index (κ3) is 3.09. The third-order valence-corrected chi connectivity index (χ3v) is 3.64. The van der Waals surface area contributed by atoms with Crippen molar-refractivity contribution in [2.45, 2.75) is 26.2 Å². The summed E-state index contributed by atoms with van der Waals surface area (Å²) in [5.41, 5.74) is 0.376. The molecule has 6 heteroatoms. The minimum atomic E-state index is -1.10. The minimum absolute atomic E-state index is 0.141. The summed E-state index contributed by atoms with van der Waals surface area (Å²) >= 11 is 0. The van der Waals surface area contributed by atoms with E-state index in [1.807, 2.05) is 13.8 Å². The Morgan fingerprint density at radius 3 is 2.43 bits per heavy atom. The molecule has 21 heavy (non-hydrogen) atoms. The van der Waals surface area contributed by atoms with Gasteiger partial charge >= 0.3 is 6.03 Å². The van der Waals surface area contributed by atoms with E-state index in [1.54, 1.807) is 0 Å². The predicted molar refractivity (Wildman–Crippen MR) is 73.8 cm³/mol. The van der Waals surface area contributed by atoms with Gasteiger partial charge in [0.05, 0.1) is 0 Å². The van der Waals surface area contributed by atoms with Crippen molar-refractivity contribution in [3.63, 3.8) is 0 Å². The number of halogens is 1. The van der Waals surface area contributed by atoms with Gasteiger partial charge in [-0.1, -0.05) is 32.4 Å². The summed E-state index contributed by atoms with van der Waals surface area (Å²) in [6, 6.07) is 4.45. The van der Waals surface area contributed by atoms with Crippen LogP contribution in [0.25, 0.3) is 0 Å². The highest BCUT2D eigenvalue weighted by atomic mass is 19.1. The van der Waals surface area contributed by atoms with Crippen LogP contribution >= 0.6 is 0 Å². The van der Waals surface area contributed by atoms with E-state index in [0.717, 1.165) is 11.3 Å². The predicted octanol–water partition coefficient (Wildman–Crippen LogP) is 2.03. The van der Waals surface area contributed by atoms with E-state index in [1.165, 1.54) is 24.3 Å². The van der Waals surface area contributed by atoms with Gasteiger partial charge in [0.15, 0.2) is 0 Å². The number of hydrogen-bond acceptors (Lipinski definition) is 3. The SMILES string of the molecule is CCC(C)CN1C(=O)NC(=O)C(c2ccc(F)cc2)C1=O. The number of nitrogens with zero attached hydrogens (tertiary/aromatic N) is 1. The number of benzene rings is 1. The van der Waals surface area contributed by atoms with Crippen molar-refractivity contribution in [2.75, 3.05) is 6.54 Å². The summed E-state index contributed by atoms with van der Waals surface area (Å²) in [6.07, 6.45) is 0.812. The molecule has 1 aliphatic rings. The fourth-order valence-electron chi connectivity index (χ4n) is 2.18. The highest BCUT2D eigenvalue weighted by Crippen LogP contribution is 2.23. The van der Waals surface area contributed by atoms with E-state index in [-0.39, 0.29) is 12.5 Å². The highest BCUT2D eigenvalue weighted by molar-refractivity contribution is 6.19. The monoisotopic (exact) mass is 292 g/mol. The highest BCUT2D eigenvalue weighted by Gasteiger charge is 2.41. The summed E-state index contributed by atoms with van der Waals surface area (Å²) in [5.74, 6) is -2.64. The zero-order valence-electron chi connectivity index (χ0n) is 11.9. The molecule has 5 nitrogen and oxygen atoms in total. The van der Waals surface area contributed by atoms with E-state index in [4.69, 9.17) is 0 Å². The maximum absolute atomic E-state index is 13.0. The molecule has 1 aliphatic heterocycles. The van der Waals surface area contributed by atoms with Gasteiger partial charge in [0, 0.05) is 6.54 Å². The van der Waals surface area contributed by atoms with Gasteiger partial charge in [0.1, 0.15) is 11.7 Å². The second kappa shape index (κ2) is 6.03. The molecule has 112 valence electrons. The molecule has 0 spiro atoms. The molecular formula is C15H17FN2O3. The van der Waals surface area contributed by atoms with Crippen LogP contribution in [0, 0.1) is 11.7 Å². The number of rotatable bonds is 4. The van der Waals surface area contributed by atoms with Crippen molar-refractivity contribution < 1.29 is 18.8 Å². The number of barbiturate groups is 1. The summed E-state index contributed by atoms with van der Waals surface area (Å²) in [5, 5.41) is 2.19. The topological polar surface area (TPSA) is 66.5 Å². The first-order valence-corrected chi connectivity index (χ1v) is 6.85. The van der Waals surface area contributed by atoms with E-state index < -0.39 is 29.6 Å². The average molecular weight is 292 g/mol. The van der Waals surface area contributed by atoms with Gasteiger partial charge in [0.25, 0.3) is 0 Å². The zero-order valence-corrected chi connectivity index (χ0v) is 11.9. The molecule has 2 rings (SSSR count). The Bertz CT molecular complexity index is 571. The van der Waals surface area contributed by atoms with Crippen molar-refractivity contribution in [1.82, 2.24) is 10.2 Å². The fraction of sp³-hybridized carbons (Fsp3) is 0.400. The molecule has 0 radical (unpaired) electrons. The van der Waals surface area contributed by atoms with E-state index in [2.05, 4.69) is 5.32 Å². The van der Waals surface area contributed by atoms with Gasteiger partial charge in [-0.3, -0.25) is 19.8 Å². The van der Waals surface area contributed by atoms with Gasteiger partial charge in [0.2, 0.25) is 11.8 Å². The lowest BCUT2D eigenvalue weighted by molar-refractivity contribution is -0.139. The van der Waals surface area contributed by atoms with Crippen molar-refractivity contribution in [2.24, 2.45) is 5.92 Å². The molecule has 1 aromatic carbocycles. The number of hydrogen-bond donors (Lipinski definition) is 1. The van der Waals surface area contributed by atoms with Crippen LogP contribution in [-0.2, 0) is 9.59 Å². The van der Waals surface area contributed by atoms with Crippen LogP contribution in [0.5, 0.6) is 0 Å². The molecular weight excluding hydrogens is 275 g/mol. The fourth-order valence-corrected chi connectivity index (χ4v) is 2.18. The Kier molecular flexibility index (Phi) is 4.35. The van der Waals surface area contributed by atoms with Gasteiger partial charge in [-0.2, -0.15) is 0 Å². The summed E-state index contributed by atoms with van der Waals surface area (Å²) in [4.78, 5) is 37.2. The first kappa shape index (κ1) is 15.2. The molecule has 4 amide bonds. The van der Waals surface area contributed by atoms with Gasteiger partial charge in [-0.15, -0.1) is 0 Å². The molecule has 0 bridgehead atoms. The Morgan fingerprint density at radius 1 is 1.24 bits per heavy atom. The van der Waals surface area contributed by atoms with Gasteiger partial charge in [-0.25, -0.2) is 9.18 Å². The molecule has 0 saturated carbocycles. The maximum Gasteiger partial charge on any atom is 0.330 e. The summed E-state index contributed by atoms with van der Waals surface area (Å²) in [7, 11) is 0. The molecule has 0 aliphatic carbocycles. The number of nitrogens with one attached hydrogen (secondary N) is 1. The van der Waals surface area contributed by atoms with Crippen LogP contribution in [0.1, 0.15) is 31.7 Å². The molecule has 1 heterocycles. The van der Waals surface area contributed by atoms with E-state index in [0.29, 0.717) is 5.56 Å². The van der Waals surface area contributed by atoms with Crippen LogP contribution in [-0.4, -0.2) is 29.3 Å². The molecule has 2 atom stereocenters. The summed E-state index contributed by atoms with van der Waals surface area (Å²) < 4.78 is 13.0. The number of carbonyl (C=O) groups is 3. The van der Waals surface area contributed by atoms with Crippen molar-refractivity contribution >= 4 is 17.8 Å². The first-order chi connectivity index (χ1) is 9.93. The van der Waals surface area contributed by atoms with Crippen molar-refractivity contribution in [3.05, 3.63) is 35.6 Å². The quantitative estimate of drug-likeness (QED) is 0.864. The van der Waals surface area contributed by atoms with E-state index >= 15 is 0 Å². The Labute approximate surface area is 122 Å². The van der Waals surface area contributed by atoms with Gasteiger partial charge < -0.3 is 0 Å². The molecule has 1 saturated heterocycles. The second-order valence-electron chi connectivity index (χ2n) is 5.24. The second-order valence-corrected chi connectivity index (χ2v) is 5.24. The molecule has 1 fully saturated rings. The Morgan fingerprint density at radius 2 is 1.86 bits per heavy atom. The largest absolute Gasteiger partial charge is 0.330 e. The number of imide groups is 2. The van der Waals surface area contributed by atoms with Crippen LogP contribution < -0.4 is 5.32 Å². The minimum Gasteiger partial charge on any atom is -0.277 e. The Hall–Kier alpha value is -2.24. The van der Waals surface area contributed by atoms with Gasteiger partial charge in [-0.05, 0) is 23.6 Å². The normalized spacial score (nSPS) is 20.4. The van der Waals surface area contributed by atoms with Crippen molar-refractivity contribution in [1.29, 1.82) is 0 Å². The number of urea groups is 1. The molecule has 1 N–H and O–H groups in total. The van der Waals surface area contributed by atoms with Crippen LogP contribution in [0.4, 0.5) is 9.18 Å². The molecule has 0 aromatic heterocycles. The number of amides is 4. The average Bonchev–Trinajstić information content (AvgIpc) is 2.45. The summed E-state index contributed by atoms with van der Waals surface area (Å²) in [6.45, 7) is 4.13. The van der Waals surface area contributed by atoms with Crippen LogP contribution in [0.15, 0.2) is 24.3 Å². The Balaban J connectivity index is 2.28. The zero-order chi connectivity index (χ0) is 15.6. The van der Waals surface area contributed by atoms with E-state index in [9.17, 15) is 18.8 Å². The third-order valence-electron chi connectivity index (χ3n) is 3.64. The standard InChI is InChI=1S/C15H17FN2O3/c1-3-9(2)8-18-14(20)12(13(19)17-15(18)21)10-4-6-11(16)7-5-10/h4-7,9,12H,3,8H2,1-2H3,(H,17,19,21). The lowest BCUT2D eigenvalue weighted by atomic mass is 9.94. The lowest BCUT2D eigenvalue weighted by Crippen LogP contribution is -2.57. The lowest BCUT2D eigenvalue weighted by Gasteiger charge is -2.31. The molecule has 2 unspecified atom stereocenters. The smallest absolute Gasteiger partial charge is 0.277 e. The van der Waals surface area contributed by atoms with Crippen molar-refractivity contribution in [3.8, 4) is 0 Å². The van der Waals surface area contributed by atoms with Crippen LogP contribution in [0.2, 0.25) is 0 Å². The molecule has 1 aromatic rings. The number of carbonyl (C=O) groups excluding carboxylic acids is 3. The maximum atomic E-state index is 13.0.